The first-order chi connectivity index (χ1) is 5.80. The Morgan fingerprint density at radius 3 is 2.23 bits per heavy atom. The van der Waals surface area contributed by atoms with Crippen molar-refractivity contribution < 1.29 is 14.7 Å². The van der Waals surface area contributed by atoms with E-state index in [-0.39, 0.29) is 6.04 Å². The van der Waals surface area contributed by atoms with Gasteiger partial charge in [-0.05, 0) is 4.74 Å². The SMILES string of the molecule is CC1=[N+](O)[C@H](C)C(C)(C)[N+]([O-])=C1C. The summed E-state index contributed by atoms with van der Waals surface area (Å²) in [6.45, 7) is 8.94. The van der Waals surface area contributed by atoms with Crippen molar-refractivity contribution in [1.82, 2.24) is 0 Å². The van der Waals surface area contributed by atoms with Gasteiger partial charge in [0.05, 0.1) is 0 Å². The van der Waals surface area contributed by atoms with Gasteiger partial charge < -0.3 is 5.21 Å². The van der Waals surface area contributed by atoms with Crippen LogP contribution in [-0.4, -0.2) is 37.7 Å². The molecule has 0 saturated heterocycles. The highest BCUT2D eigenvalue weighted by Gasteiger charge is 2.49. The third kappa shape index (κ3) is 1.20. The van der Waals surface area contributed by atoms with Crippen molar-refractivity contribution in [2.45, 2.75) is 46.2 Å². The molecule has 1 aliphatic heterocycles. The molecule has 4 nitrogen and oxygen atoms in total. The van der Waals surface area contributed by atoms with Gasteiger partial charge >= 0.3 is 0 Å². The van der Waals surface area contributed by atoms with Crippen LogP contribution in [0.3, 0.4) is 0 Å². The zero-order valence-electron chi connectivity index (χ0n) is 8.83. The topological polar surface area (TPSA) is 49.3 Å². The molecule has 0 unspecified atom stereocenters. The van der Waals surface area contributed by atoms with Crippen molar-refractivity contribution in [1.29, 1.82) is 0 Å². The summed E-state index contributed by atoms with van der Waals surface area (Å²) in [6.07, 6.45) is 0. The quantitative estimate of drug-likeness (QED) is 0.348. The summed E-state index contributed by atoms with van der Waals surface area (Å²) in [5, 5.41) is 21.4. The summed E-state index contributed by atoms with van der Waals surface area (Å²) in [4.78, 5) is 0. The highest BCUT2D eigenvalue weighted by Crippen LogP contribution is 2.20. The van der Waals surface area contributed by atoms with E-state index in [0.717, 1.165) is 4.74 Å². The smallest absolute Gasteiger partial charge is 0.291 e. The molecule has 0 amide bonds. The highest BCUT2D eigenvalue weighted by molar-refractivity contribution is 6.36. The number of hydroxylamine groups is 2. The summed E-state index contributed by atoms with van der Waals surface area (Å²) in [5.41, 5.74) is 0.616. The highest BCUT2D eigenvalue weighted by atomic mass is 16.5. The molecular formula is C9H17N2O2+. The fourth-order valence-electron chi connectivity index (χ4n) is 1.50. The molecule has 1 N–H and O–H groups in total. The Labute approximate surface area is 78.4 Å². The zero-order chi connectivity index (χ0) is 10.4. The minimum absolute atomic E-state index is 0.200. The van der Waals surface area contributed by atoms with Crippen LogP contribution in [0.1, 0.15) is 34.6 Å². The molecule has 0 aromatic heterocycles. The molecule has 0 aromatic carbocycles. The largest absolute Gasteiger partial charge is 0.623 e. The van der Waals surface area contributed by atoms with E-state index in [4.69, 9.17) is 0 Å². The van der Waals surface area contributed by atoms with E-state index in [1.807, 2.05) is 20.8 Å². The molecule has 13 heavy (non-hydrogen) atoms. The van der Waals surface area contributed by atoms with Crippen molar-refractivity contribution in [2.24, 2.45) is 0 Å². The molecule has 4 heteroatoms. The number of hydrogen-bond acceptors (Lipinski definition) is 2. The Morgan fingerprint density at radius 1 is 1.31 bits per heavy atom. The van der Waals surface area contributed by atoms with E-state index in [1.54, 1.807) is 13.8 Å². The predicted octanol–water partition coefficient (Wildman–Crippen LogP) is 1.00. The Kier molecular flexibility index (Phi) is 2.10. The lowest BCUT2D eigenvalue weighted by Crippen LogP contribution is -2.56. The summed E-state index contributed by atoms with van der Waals surface area (Å²) >= 11 is 0. The zero-order valence-corrected chi connectivity index (χ0v) is 8.83. The molecule has 1 heterocycles. The van der Waals surface area contributed by atoms with Crippen molar-refractivity contribution in [3.8, 4) is 0 Å². The van der Waals surface area contributed by atoms with Crippen LogP contribution in [0.15, 0.2) is 0 Å². The van der Waals surface area contributed by atoms with E-state index in [9.17, 15) is 10.4 Å². The van der Waals surface area contributed by atoms with Gasteiger partial charge in [0.25, 0.3) is 17.5 Å². The third-order valence-electron chi connectivity index (χ3n) is 3.08. The van der Waals surface area contributed by atoms with Crippen LogP contribution in [0.5, 0.6) is 0 Å². The molecule has 0 bridgehead atoms. The molecule has 74 valence electrons. The van der Waals surface area contributed by atoms with Crippen LogP contribution in [0.4, 0.5) is 0 Å². The third-order valence-corrected chi connectivity index (χ3v) is 3.08. The molecule has 1 atom stereocenters. The first-order valence-electron chi connectivity index (χ1n) is 4.43. The van der Waals surface area contributed by atoms with Crippen LogP contribution in [0, 0.1) is 5.21 Å². The molecule has 1 rings (SSSR count). The maximum atomic E-state index is 11.7. The van der Waals surface area contributed by atoms with E-state index >= 15 is 0 Å². The Morgan fingerprint density at radius 2 is 1.77 bits per heavy atom. The number of rotatable bonds is 0. The molecule has 0 radical (unpaired) electrons. The van der Waals surface area contributed by atoms with Gasteiger partial charge in [-0.1, -0.05) is 0 Å². The molecule has 0 fully saturated rings. The summed E-state index contributed by atoms with van der Waals surface area (Å²) < 4.78 is 2.14. The van der Waals surface area contributed by atoms with Gasteiger partial charge in [0.15, 0.2) is 0 Å². The second-order valence-electron chi connectivity index (χ2n) is 4.14. The lowest BCUT2D eigenvalue weighted by atomic mass is 9.94. The van der Waals surface area contributed by atoms with Gasteiger partial charge in [-0.2, -0.15) is 4.74 Å². The molecule has 0 saturated carbocycles. The summed E-state index contributed by atoms with van der Waals surface area (Å²) in [6, 6.07) is -0.200. The van der Waals surface area contributed by atoms with E-state index in [0.29, 0.717) is 11.4 Å². The van der Waals surface area contributed by atoms with Gasteiger partial charge in [-0.15, -0.1) is 0 Å². The van der Waals surface area contributed by atoms with Gasteiger partial charge in [-0.3, -0.25) is 5.21 Å². The first-order valence-corrected chi connectivity index (χ1v) is 4.43. The van der Waals surface area contributed by atoms with Gasteiger partial charge in [0.1, 0.15) is 0 Å². The normalized spacial score (nSPS) is 28.2. The summed E-state index contributed by atoms with van der Waals surface area (Å²) in [7, 11) is 0. The van der Waals surface area contributed by atoms with Crippen molar-refractivity contribution in [3.05, 3.63) is 5.21 Å². The lowest BCUT2D eigenvalue weighted by Gasteiger charge is -2.29. The average molecular weight is 185 g/mol. The van der Waals surface area contributed by atoms with Crippen molar-refractivity contribution >= 4 is 11.4 Å². The second kappa shape index (κ2) is 2.72. The first kappa shape index (κ1) is 10.0. The van der Waals surface area contributed by atoms with Crippen LogP contribution < -0.4 is 0 Å². The fraction of sp³-hybridized carbons (Fsp3) is 0.778. The predicted molar refractivity (Wildman–Crippen MR) is 50.6 cm³/mol. The fourth-order valence-corrected chi connectivity index (χ4v) is 1.50. The monoisotopic (exact) mass is 185 g/mol. The van der Waals surface area contributed by atoms with Gasteiger partial charge in [0.2, 0.25) is 5.54 Å². The van der Waals surface area contributed by atoms with Gasteiger partial charge in [-0.25, -0.2) is 0 Å². The molecule has 0 aromatic rings. The number of nitrogens with zero attached hydrogens (tertiary/aromatic N) is 2. The molecule has 1 aliphatic rings. The Balaban J connectivity index is 3.32. The number of hydrogen-bond donors (Lipinski definition) is 1. The van der Waals surface area contributed by atoms with E-state index in [1.165, 1.54) is 4.74 Å². The maximum absolute atomic E-state index is 11.7. The standard InChI is InChI=1S/C9H17N2O2/c1-6-7(2)11(13)9(4,5)8(3)10(6)12/h8,12H,1-5H3/q+1/t8-/m1/s1. The average Bonchev–Trinajstić information content (AvgIpc) is 2.09. The van der Waals surface area contributed by atoms with Crippen molar-refractivity contribution in [2.75, 3.05) is 0 Å². The van der Waals surface area contributed by atoms with Crippen LogP contribution in [0.2, 0.25) is 0 Å². The van der Waals surface area contributed by atoms with E-state index < -0.39 is 5.54 Å². The second-order valence-corrected chi connectivity index (χ2v) is 4.14. The Bertz CT molecular complexity index is 303. The maximum Gasteiger partial charge on any atom is 0.291 e. The summed E-state index contributed by atoms with van der Waals surface area (Å²) in [5.74, 6) is 0. The van der Waals surface area contributed by atoms with Crippen LogP contribution in [0.25, 0.3) is 0 Å². The lowest BCUT2D eigenvalue weighted by molar-refractivity contribution is -0.827. The Hall–Kier alpha value is -1.06. The van der Waals surface area contributed by atoms with Crippen molar-refractivity contribution in [3.63, 3.8) is 0 Å². The molecular weight excluding hydrogens is 168 g/mol. The van der Waals surface area contributed by atoms with Crippen LogP contribution in [-0.2, 0) is 0 Å². The van der Waals surface area contributed by atoms with Crippen LogP contribution >= 0.6 is 0 Å². The van der Waals surface area contributed by atoms with Gasteiger partial charge in [0, 0.05) is 34.6 Å². The van der Waals surface area contributed by atoms with E-state index in [2.05, 4.69) is 0 Å². The minimum Gasteiger partial charge on any atom is -0.623 e. The molecule has 0 aliphatic carbocycles. The molecule has 0 spiro atoms. The minimum atomic E-state index is -0.585.